The van der Waals surface area contributed by atoms with Gasteiger partial charge in [0.2, 0.25) is 0 Å². The molecule has 0 aliphatic heterocycles. The van der Waals surface area contributed by atoms with Gasteiger partial charge in [0.25, 0.3) is 0 Å². The highest BCUT2D eigenvalue weighted by molar-refractivity contribution is 5.44. The van der Waals surface area contributed by atoms with E-state index in [-0.39, 0.29) is 0 Å². The molecular weight excluding hydrogens is 240 g/mol. The fourth-order valence-electron chi connectivity index (χ4n) is 2.75. The van der Waals surface area contributed by atoms with Gasteiger partial charge in [0.15, 0.2) is 0 Å². The van der Waals surface area contributed by atoms with E-state index in [0.29, 0.717) is 18.7 Å². The van der Waals surface area contributed by atoms with Crippen LogP contribution < -0.4 is 4.90 Å². The lowest BCUT2D eigenvalue weighted by molar-refractivity contribution is 0.0559. The van der Waals surface area contributed by atoms with Gasteiger partial charge in [0.1, 0.15) is 0 Å². The minimum absolute atomic E-state index is 0.488. The van der Waals surface area contributed by atoms with Gasteiger partial charge in [-0.2, -0.15) is 0 Å². The minimum atomic E-state index is -0.545. The third-order valence-electron chi connectivity index (χ3n) is 4.01. The van der Waals surface area contributed by atoms with Gasteiger partial charge in [-0.25, -0.2) is 0 Å². The highest BCUT2D eigenvalue weighted by atomic mass is 16.3. The molecule has 0 bridgehead atoms. The number of aliphatic hydroxyl groups excluding tert-OH is 1. The average molecular weight is 264 g/mol. The molecule has 106 valence electrons. The van der Waals surface area contributed by atoms with Crippen LogP contribution in [0.25, 0.3) is 0 Å². The van der Waals surface area contributed by atoms with Crippen LogP contribution in [-0.2, 0) is 0 Å². The molecule has 0 amide bonds. The molecule has 2 rings (SSSR count). The second kappa shape index (κ2) is 5.88. The molecule has 1 aliphatic rings. The van der Waals surface area contributed by atoms with Gasteiger partial charge in [0.05, 0.1) is 29.3 Å². The van der Waals surface area contributed by atoms with Crippen molar-refractivity contribution in [1.29, 1.82) is 0 Å². The summed E-state index contributed by atoms with van der Waals surface area (Å²) in [6.45, 7) is 2.58. The van der Waals surface area contributed by atoms with E-state index in [0.717, 1.165) is 31.4 Å². The molecule has 1 heterocycles. The summed E-state index contributed by atoms with van der Waals surface area (Å²) in [7, 11) is 1.98. The number of pyridine rings is 1. The molecule has 1 aromatic heterocycles. The monoisotopic (exact) mass is 264 g/mol. The van der Waals surface area contributed by atoms with Crippen LogP contribution in [0.2, 0.25) is 0 Å². The van der Waals surface area contributed by atoms with Crippen molar-refractivity contribution < 1.29 is 10.2 Å². The highest BCUT2D eigenvalue weighted by Crippen LogP contribution is 2.31. The van der Waals surface area contributed by atoms with Crippen molar-refractivity contribution in [3.8, 4) is 0 Å². The number of likely N-dealkylation sites (N-methyl/N-ethyl adjacent to an activating group) is 1. The molecule has 1 atom stereocenters. The molecule has 19 heavy (non-hydrogen) atoms. The summed E-state index contributed by atoms with van der Waals surface area (Å²) < 4.78 is 0. The summed E-state index contributed by atoms with van der Waals surface area (Å²) in [5.41, 5.74) is 1.14. The molecule has 1 saturated carbocycles. The Balaban J connectivity index is 2.01. The molecule has 0 aromatic carbocycles. The maximum absolute atomic E-state index is 10.4. The number of rotatable bonds is 5. The highest BCUT2D eigenvalue weighted by Gasteiger charge is 2.32. The van der Waals surface area contributed by atoms with Gasteiger partial charge in [-0.05, 0) is 31.4 Å². The second-order valence-electron chi connectivity index (χ2n) is 5.65. The van der Waals surface area contributed by atoms with Gasteiger partial charge in [0, 0.05) is 13.6 Å². The van der Waals surface area contributed by atoms with Crippen molar-refractivity contribution in [2.45, 2.75) is 50.7 Å². The Bertz CT molecular complexity index is 399. The van der Waals surface area contributed by atoms with E-state index < -0.39 is 11.7 Å². The summed E-state index contributed by atoms with van der Waals surface area (Å²) in [5, 5.41) is 20.1. The van der Waals surface area contributed by atoms with Crippen LogP contribution in [0.4, 0.5) is 5.69 Å². The maximum atomic E-state index is 10.4. The van der Waals surface area contributed by atoms with E-state index in [1.807, 2.05) is 31.0 Å². The number of aromatic nitrogens is 1. The number of aliphatic hydroxyl groups is 2. The molecule has 0 unspecified atom stereocenters. The van der Waals surface area contributed by atoms with E-state index in [2.05, 4.69) is 4.98 Å². The van der Waals surface area contributed by atoms with E-state index in [1.54, 1.807) is 6.20 Å². The second-order valence-corrected chi connectivity index (χ2v) is 5.65. The first kappa shape index (κ1) is 14.3. The third kappa shape index (κ3) is 3.45. The van der Waals surface area contributed by atoms with Crippen molar-refractivity contribution in [2.75, 3.05) is 18.5 Å². The predicted octanol–water partition coefficient (Wildman–Crippen LogP) is 2.27. The van der Waals surface area contributed by atoms with Crippen LogP contribution in [0.3, 0.4) is 0 Å². The molecular formula is C15H24N2O2. The Labute approximate surface area is 115 Å². The summed E-state index contributed by atoms with van der Waals surface area (Å²) >= 11 is 0. The molecule has 1 aromatic rings. The summed E-state index contributed by atoms with van der Waals surface area (Å²) in [4.78, 5) is 6.34. The van der Waals surface area contributed by atoms with E-state index >= 15 is 0 Å². The first-order chi connectivity index (χ1) is 9.04. The van der Waals surface area contributed by atoms with Gasteiger partial charge < -0.3 is 15.1 Å². The topological polar surface area (TPSA) is 56.6 Å². The lowest BCUT2D eigenvalue weighted by Gasteiger charge is -2.30. The van der Waals surface area contributed by atoms with E-state index in [1.165, 1.54) is 0 Å². The SMILES string of the molecule is CC[C@@H](O)c1ccc(N(C)CC2(O)CCCC2)cn1. The maximum Gasteiger partial charge on any atom is 0.0957 e. The minimum Gasteiger partial charge on any atom is -0.388 e. The van der Waals surface area contributed by atoms with Gasteiger partial charge >= 0.3 is 0 Å². The van der Waals surface area contributed by atoms with Gasteiger partial charge in [-0.15, -0.1) is 0 Å². The smallest absolute Gasteiger partial charge is 0.0957 e. The lowest BCUT2D eigenvalue weighted by atomic mass is 10.0. The zero-order valence-electron chi connectivity index (χ0n) is 11.8. The Morgan fingerprint density at radius 3 is 2.58 bits per heavy atom. The zero-order chi connectivity index (χ0) is 13.9. The number of nitrogens with zero attached hydrogens (tertiary/aromatic N) is 2. The Morgan fingerprint density at radius 1 is 1.37 bits per heavy atom. The Kier molecular flexibility index (Phi) is 4.42. The third-order valence-corrected chi connectivity index (χ3v) is 4.01. The molecule has 1 fully saturated rings. The van der Waals surface area contributed by atoms with Crippen LogP contribution in [0.1, 0.15) is 50.8 Å². The van der Waals surface area contributed by atoms with Crippen molar-refractivity contribution in [2.24, 2.45) is 0 Å². The molecule has 0 spiro atoms. The van der Waals surface area contributed by atoms with E-state index in [9.17, 15) is 10.2 Å². The van der Waals surface area contributed by atoms with Crippen molar-refractivity contribution >= 4 is 5.69 Å². The zero-order valence-corrected chi connectivity index (χ0v) is 11.8. The standard InChI is InChI=1S/C15H24N2O2/c1-3-14(18)13-7-6-12(10-16-13)17(2)11-15(19)8-4-5-9-15/h6-7,10,14,18-19H,3-5,8-9,11H2,1-2H3/t14-/m1/s1. The number of anilines is 1. The van der Waals surface area contributed by atoms with Crippen LogP contribution in [0.15, 0.2) is 18.3 Å². The van der Waals surface area contributed by atoms with Crippen molar-refractivity contribution in [1.82, 2.24) is 4.98 Å². The first-order valence-corrected chi connectivity index (χ1v) is 7.11. The molecule has 2 N–H and O–H groups in total. The summed E-state index contributed by atoms with van der Waals surface area (Å²) in [5.74, 6) is 0. The van der Waals surface area contributed by atoms with Crippen LogP contribution in [0, 0.1) is 0 Å². The lowest BCUT2D eigenvalue weighted by Crippen LogP contribution is -2.39. The molecule has 0 radical (unpaired) electrons. The fourth-order valence-corrected chi connectivity index (χ4v) is 2.75. The van der Waals surface area contributed by atoms with Crippen LogP contribution in [0.5, 0.6) is 0 Å². The van der Waals surface area contributed by atoms with Crippen LogP contribution >= 0.6 is 0 Å². The average Bonchev–Trinajstić information content (AvgIpc) is 2.84. The molecule has 4 nitrogen and oxygen atoms in total. The van der Waals surface area contributed by atoms with Crippen LogP contribution in [-0.4, -0.2) is 34.4 Å². The summed E-state index contributed by atoms with van der Waals surface area (Å²) in [6, 6.07) is 3.82. The molecule has 0 saturated heterocycles. The largest absolute Gasteiger partial charge is 0.388 e. The van der Waals surface area contributed by atoms with E-state index in [4.69, 9.17) is 0 Å². The molecule has 1 aliphatic carbocycles. The summed E-state index contributed by atoms with van der Waals surface area (Å²) in [6.07, 6.45) is 5.95. The Hall–Kier alpha value is -1.13. The molecule has 4 heteroatoms. The quantitative estimate of drug-likeness (QED) is 0.856. The van der Waals surface area contributed by atoms with Crippen molar-refractivity contribution in [3.05, 3.63) is 24.0 Å². The predicted molar refractivity (Wildman–Crippen MR) is 76.2 cm³/mol. The fraction of sp³-hybridized carbons (Fsp3) is 0.667. The Morgan fingerprint density at radius 2 is 2.05 bits per heavy atom. The number of hydrogen-bond donors (Lipinski definition) is 2. The normalized spacial score (nSPS) is 19.4. The van der Waals surface area contributed by atoms with Crippen molar-refractivity contribution in [3.63, 3.8) is 0 Å². The van der Waals surface area contributed by atoms with Gasteiger partial charge in [-0.1, -0.05) is 19.8 Å². The van der Waals surface area contributed by atoms with Gasteiger partial charge in [-0.3, -0.25) is 4.98 Å². The first-order valence-electron chi connectivity index (χ1n) is 7.11. The number of hydrogen-bond acceptors (Lipinski definition) is 4.